The lowest BCUT2D eigenvalue weighted by Gasteiger charge is -2.20. The Bertz CT molecular complexity index is 1010. The molecule has 0 aromatic heterocycles. The van der Waals surface area contributed by atoms with Crippen molar-refractivity contribution in [3.05, 3.63) is 24.3 Å². The van der Waals surface area contributed by atoms with Crippen LogP contribution in [0.25, 0.3) is 0 Å². The minimum atomic E-state index is -4.65. The standard InChI is InChI=1S/C42H79O12P/c1-3-5-7-8-9-10-11-12-13-14-15-16-20-23-27-31-41(47)51-35-38(36-53-55(49,50)52-34-37(44)33-43)54-42(48)32-28-24-21-18-17-19-22-26-30-40(46)39(45)29-25-6-4-2/h12-13,22,26,37-40,43-46H,3-11,14-21,23-25,27-36H2,1-2H3,(H,49,50)/b13-12-,26-22-. The molecule has 0 bridgehead atoms. The lowest BCUT2D eigenvalue weighted by Crippen LogP contribution is -2.29. The number of hydrogen-bond acceptors (Lipinski definition) is 11. The molecule has 12 nitrogen and oxygen atoms in total. The quantitative estimate of drug-likeness (QED) is 0.0171. The van der Waals surface area contributed by atoms with Crippen molar-refractivity contribution in [2.24, 2.45) is 0 Å². The molecule has 5 unspecified atom stereocenters. The number of hydrogen-bond donors (Lipinski definition) is 5. The van der Waals surface area contributed by atoms with Crippen molar-refractivity contribution in [1.82, 2.24) is 0 Å². The van der Waals surface area contributed by atoms with E-state index in [-0.39, 0.29) is 19.4 Å². The third-order valence-corrected chi connectivity index (χ3v) is 10.2. The smallest absolute Gasteiger partial charge is 0.462 e. The van der Waals surface area contributed by atoms with Crippen LogP contribution in [0, 0.1) is 0 Å². The van der Waals surface area contributed by atoms with E-state index < -0.39 is 64.0 Å². The highest BCUT2D eigenvalue weighted by molar-refractivity contribution is 7.47. The van der Waals surface area contributed by atoms with Gasteiger partial charge in [-0.25, -0.2) is 4.57 Å². The third-order valence-electron chi connectivity index (χ3n) is 9.28. The van der Waals surface area contributed by atoms with Gasteiger partial charge in [-0.1, -0.05) is 128 Å². The van der Waals surface area contributed by atoms with Crippen LogP contribution in [-0.4, -0.2) is 88.1 Å². The minimum absolute atomic E-state index is 0.119. The van der Waals surface area contributed by atoms with Crippen LogP contribution in [0.15, 0.2) is 24.3 Å². The molecule has 0 heterocycles. The lowest BCUT2D eigenvalue weighted by atomic mass is 10.0. The fraction of sp³-hybridized carbons (Fsp3) is 0.857. The maximum absolute atomic E-state index is 12.6. The van der Waals surface area contributed by atoms with Crippen molar-refractivity contribution >= 4 is 19.8 Å². The van der Waals surface area contributed by atoms with Crippen molar-refractivity contribution in [3.63, 3.8) is 0 Å². The van der Waals surface area contributed by atoms with Gasteiger partial charge in [0.2, 0.25) is 0 Å². The summed E-state index contributed by atoms with van der Waals surface area (Å²) in [5.74, 6) is -1.01. The fourth-order valence-electron chi connectivity index (χ4n) is 5.77. The maximum atomic E-state index is 12.6. The molecule has 0 saturated carbocycles. The summed E-state index contributed by atoms with van der Waals surface area (Å²) < 4.78 is 32.6. The van der Waals surface area contributed by atoms with E-state index in [1.807, 2.05) is 12.2 Å². The highest BCUT2D eigenvalue weighted by Crippen LogP contribution is 2.43. The van der Waals surface area contributed by atoms with E-state index in [4.69, 9.17) is 19.1 Å². The van der Waals surface area contributed by atoms with Gasteiger partial charge in [0.25, 0.3) is 0 Å². The Kier molecular flexibility index (Phi) is 36.8. The van der Waals surface area contributed by atoms with Gasteiger partial charge in [-0.2, -0.15) is 0 Å². The Morgan fingerprint density at radius 2 is 1.05 bits per heavy atom. The predicted molar refractivity (Wildman–Crippen MR) is 217 cm³/mol. The molecule has 0 aliphatic carbocycles. The molecule has 0 saturated heterocycles. The molecule has 0 aliphatic heterocycles. The second-order valence-corrected chi connectivity index (χ2v) is 16.1. The first kappa shape index (κ1) is 53.4. The summed E-state index contributed by atoms with van der Waals surface area (Å²) in [6.45, 7) is 2.11. The van der Waals surface area contributed by atoms with Crippen molar-refractivity contribution in [2.75, 3.05) is 26.4 Å². The fourth-order valence-corrected chi connectivity index (χ4v) is 6.56. The van der Waals surface area contributed by atoms with E-state index in [9.17, 15) is 34.4 Å². The summed E-state index contributed by atoms with van der Waals surface area (Å²) in [4.78, 5) is 34.9. The van der Waals surface area contributed by atoms with Crippen molar-refractivity contribution in [3.8, 4) is 0 Å². The normalized spacial score (nSPS) is 15.3. The number of rotatable bonds is 40. The molecule has 5 N–H and O–H groups in total. The van der Waals surface area contributed by atoms with Crippen LogP contribution < -0.4 is 0 Å². The van der Waals surface area contributed by atoms with E-state index in [0.29, 0.717) is 25.7 Å². The molecule has 0 aromatic carbocycles. The van der Waals surface area contributed by atoms with E-state index in [2.05, 4.69) is 30.5 Å². The number of aliphatic hydroxyl groups excluding tert-OH is 4. The first-order valence-corrected chi connectivity index (χ1v) is 23.0. The Morgan fingerprint density at radius 3 is 1.62 bits per heavy atom. The molecule has 0 spiro atoms. The third kappa shape index (κ3) is 36.5. The monoisotopic (exact) mass is 807 g/mol. The van der Waals surface area contributed by atoms with Gasteiger partial charge in [0.1, 0.15) is 12.7 Å². The molecule has 0 amide bonds. The van der Waals surface area contributed by atoms with E-state index >= 15 is 0 Å². The number of unbranched alkanes of at least 4 members (excludes halogenated alkanes) is 18. The maximum Gasteiger partial charge on any atom is 0.472 e. The van der Waals surface area contributed by atoms with E-state index in [1.165, 1.54) is 38.5 Å². The molecule has 0 aliphatic rings. The minimum Gasteiger partial charge on any atom is -0.462 e. The molecule has 0 rings (SSSR count). The number of esters is 2. The lowest BCUT2D eigenvalue weighted by molar-refractivity contribution is -0.161. The molecule has 0 aromatic rings. The number of allylic oxidation sites excluding steroid dienone is 3. The zero-order valence-corrected chi connectivity index (χ0v) is 35.3. The summed E-state index contributed by atoms with van der Waals surface area (Å²) in [7, 11) is -4.65. The topological polar surface area (TPSA) is 189 Å². The second-order valence-electron chi connectivity index (χ2n) is 14.7. The van der Waals surface area contributed by atoms with Crippen LogP contribution in [0.4, 0.5) is 0 Å². The van der Waals surface area contributed by atoms with Gasteiger partial charge in [0.15, 0.2) is 6.10 Å². The van der Waals surface area contributed by atoms with Crippen LogP contribution in [0.2, 0.25) is 0 Å². The molecule has 55 heavy (non-hydrogen) atoms. The SMILES string of the molecule is CCCCCCCC/C=C\CCCCCCCC(=O)OCC(COP(=O)(O)OCC(O)CO)OC(=O)CCCCCCC/C=C\CC(O)C(O)CCCCC. The van der Waals surface area contributed by atoms with E-state index in [0.717, 1.165) is 89.9 Å². The highest BCUT2D eigenvalue weighted by atomic mass is 31.2. The van der Waals surface area contributed by atoms with Gasteiger partial charge in [-0.3, -0.25) is 18.6 Å². The van der Waals surface area contributed by atoms with Crippen LogP contribution >= 0.6 is 7.82 Å². The number of phosphoric acid groups is 1. The summed E-state index contributed by atoms with van der Waals surface area (Å²) in [5.41, 5.74) is 0. The Labute approximate surface area is 333 Å². The average Bonchev–Trinajstić information content (AvgIpc) is 3.17. The number of phosphoric ester groups is 1. The Balaban J connectivity index is 4.40. The molecule has 0 radical (unpaired) electrons. The van der Waals surface area contributed by atoms with Gasteiger partial charge in [0, 0.05) is 12.8 Å². The largest absolute Gasteiger partial charge is 0.472 e. The number of aliphatic hydroxyl groups is 4. The summed E-state index contributed by atoms with van der Waals surface area (Å²) >= 11 is 0. The molecule has 324 valence electrons. The molecule has 5 atom stereocenters. The van der Waals surface area contributed by atoms with Crippen LogP contribution in [-0.2, 0) is 32.7 Å². The van der Waals surface area contributed by atoms with Crippen molar-refractivity contribution in [2.45, 2.75) is 205 Å². The van der Waals surface area contributed by atoms with Gasteiger partial charge in [-0.05, 0) is 64.2 Å². The first-order chi connectivity index (χ1) is 26.5. The molecule has 13 heteroatoms. The summed E-state index contributed by atoms with van der Waals surface area (Å²) in [5, 5.41) is 38.4. The van der Waals surface area contributed by atoms with Gasteiger partial charge in [0.05, 0.1) is 32.0 Å². The average molecular weight is 807 g/mol. The molecular formula is C42H79O12P. The number of carbonyl (C=O) groups is 2. The summed E-state index contributed by atoms with van der Waals surface area (Å²) in [6.07, 6.45) is 29.1. The van der Waals surface area contributed by atoms with Crippen molar-refractivity contribution in [1.29, 1.82) is 0 Å². The highest BCUT2D eigenvalue weighted by Gasteiger charge is 2.27. The first-order valence-electron chi connectivity index (χ1n) is 21.5. The second kappa shape index (κ2) is 37.9. The number of carbonyl (C=O) groups excluding carboxylic acids is 2. The predicted octanol–water partition coefficient (Wildman–Crippen LogP) is 8.94. The van der Waals surface area contributed by atoms with Gasteiger partial charge >= 0.3 is 19.8 Å². The van der Waals surface area contributed by atoms with Crippen LogP contribution in [0.1, 0.15) is 181 Å². The zero-order valence-electron chi connectivity index (χ0n) is 34.4. The summed E-state index contributed by atoms with van der Waals surface area (Å²) in [6, 6.07) is 0. The zero-order chi connectivity index (χ0) is 40.8. The van der Waals surface area contributed by atoms with Crippen LogP contribution in [0.5, 0.6) is 0 Å². The van der Waals surface area contributed by atoms with E-state index in [1.54, 1.807) is 0 Å². The van der Waals surface area contributed by atoms with Crippen molar-refractivity contribution < 1.29 is 58.0 Å². The molecule has 0 fully saturated rings. The molecular weight excluding hydrogens is 727 g/mol. The number of ether oxygens (including phenoxy) is 2. The Morgan fingerprint density at radius 1 is 0.582 bits per heavy atom. The Hall–Kier alpha value is -1.63. The van der Waals surface area contributed by atoms with Crippen LogP contribution in [0.3, 0.4) is 0 Å². The van der Waals surface area contributed by atoms with Gasteiger partial charge in [-0.15, -0.1) is 0 Å². The van der Waals surface area contributed by atoms with Gasteiger partial charge < -0.3 is 34.8 Å².